The molecule has 0 aliphatic heterocycles. The van der Waals surface area contributed by atoms with Crippen LogP contribution < -0.4 is 10.9 Å². The molecule has 0 saturated heterocycles. The molecule has 0 fully saturated rings. The van der Waals surface area contributed by atoms with Gasteiger partial charge in [0.25, 0.3) is 11.5 Å². The van der Waals surface area contributed by atoms with Gasteiger partial charge in [0.1, 0.15) is 10.6 Å². The van der Waals surface area contributed by atoms with Crippen LogP contribution in [-0.4, -0.2) is 27.3 Å². The summed E-state index contributed by atoms with van der Waals surface area (Å²) in [5.41, 5.74) is 2.35. The van der Waals surface area contributed by atoms with Crippen LogP contribution >= 0.6 is 11.3 Å². The Hall–Kier alpha value is -3.13. The number of aryl methyl sites for hydroxylation is 1. The Morgan fingerprint density at radius 3 is 2.70 bits per heavy atom. The quantitative estimate of drug-likeness (QED) is 0.550. The number of rotatable bonds is 6. The van der Waals surface area contributed by atoms with Gasteiger partial charge in [-0.2, -0.15) is 0 Å². The third-order valence-electron chi connectivity index (χ3n) is 6.42. The first kappa shape index (κ1) is 23.0. The van der Waals surface area contributed by atoms with Crippen LogP contribution in [0.25, 0.3) is 5.69 Å². The molecule has 33 heavy (non-hydrogen) atoms. The SMILES string of the molecule is CCC1CCc2sc(C(=O)OC(C)C(=O)Nc3c(C)n(C)n(-c4ccccc4)c3=O)cc2C1. The first-order valence-corrected chi connectivity index (χ1v) is 12.1. The summed E-state index contributed by atoms with van der Waals surface area (Å²) < 4.78 is 8.62. The molecule has 8 heteroatoms. The van der Waals surface area contributed by atoms with Gasteiger partial charge in [-0.3, -0.25) is 14.3 Å². The highest BCUT2D eigenvalue weighted by molar-refractivity contribution is 7.14. The standard InChI is InChI=1S/C25H29N3O4S/c1-5-17-11-12-20-18(13-17)14-21(33-20)25(31)32-16(3)23(29)26-22-15(2)27(4)28(24(22)30)19-9-7-6-8-10-19/h6-10,14,16-17H,5,11-13H2,1-4H3,(H,26,29). The van der Waals surface area contributed by atoms with E-state index in [1.54, 1.807) is 18.7 Å². The normalized spacial score (nSPS) is 16.2. The van der Waals surface area contributed by atoms with Crippen LogP contribution in [0.1, 0.15) is 52.5 Å². The Morgan fingerprint density at radius 1 is 1.27 bits per heavy atom. The number of amides is 1. The lowest BCUT2D eigenvalue weighted by molar-refractivity contribution is -0.123. The number of fused-ring (bicyclic) bond motifs is 1. The van der Waals surface area contributed by atoms with Crippen molar-refractivity contribution in [3.63, 3.8) is 0 Å². The maximum absolute atomic E-state index is 13.0. The van der Waals surface area contributed by atoms with E-state index in [2.05, 4.69) is 12.2 Å². The zero-order valence-electron chi connectivity index (χ0n) is 19.4. The maximum atomic E-state index is 13.0. The molecule has 0 saturated carbocycles. The van der Waals surface area contributed by atoms with Crippen LogP contribution in [-0.2, 0) is 29.4 Å². The van der Waals surface area contributed by atoms with Crippen molar-refractivity contribution >= 4 is 28.9 Å². The molecular weight excluding hydrogens is 438 g/mol. The fraction of sp³-hybridized carbons (Fsp3) is 0.400. The number of para-hydroxylation sites is 1. The first-order valence-electron chi connectivity index (χ1n) is 11.3. The zero-order chi connectivity index (χ0) is 23.7. The van der Waals surface area contributed by atoms with Gasteiger partial charge in [0.15, 0.2) is 6.10 Å². The smallest absolute Gasteiger partial charge is 0.349 e. The average molecular weight is 468 g/mol. The number of aromatic nitrogens is 2. The molecule has 7 nitrogen and oxygen atoms in total. The minimum absolute atomic E-state index is 0.173. The number of thiophene rings is 1. The number of nitrogens with zero attached hydrogens (tertiary/aromatic N) is 2. The Kier molecular flexibility index (Phi) is 6.56. The fourth-order valence-corrected chi connectivity index (χ4v) is 5.35. The summed E-state index contributed by atoms with van der Waals surface area (Å²) in [4.78, 5) is 40.2. The minimum atomic E-state index is -1.04. The number of ether oxygens (including phenoxy) is 1. The van der Waals surface area contributed by atoms with Crippen LogP contribution in [0.15, 0.2) is 41.2 Å². The molecule has 2 atom stereocenters. The van der Waals surface area contributed by atoms with Gasteiger partial charge >= 0.3 is 5.97 Å². The Balaban J connectivity index is 1.46. The molecule has 1 aliphatic rings. The van der Waals surface area contributed by atoms with Crippen LogP contribution in [0.4, 0.5) is 5.69 Å². The second-order valence-corrected chi connectivity index (χ2v) is 9.69. The van der Waals surface area contributed by atoms with E-state index in [1.807, 2.05) is 36.4 Å². The van der Waals surface area contributed by atoms with Crippen LogP contribution in [0.3, 0.4) is 0 Å². The number of benzene rings is 1. The zero-order valence-corrected chi connectivity index (χ0v) is 20.2. The average Bonchev–Trinajstić information content (AvgIpc) is 3.33. The van der Waals surface area contributed by atoms with Crippen LogP contribution in [0, 0.1) is 12.8 Å². The largest absolute Gasteiger partial charge is 0.448 e. The summed E-state index contributed by atoms with van der Waals surface area (Å²) in [5, 5.41) is 2.66. The number of anilines is 1. The maximum Gasteiger partial charge on any atom is 0.349 e. The van der Waals surface area contributed by atoms with E-state index in [9.17, 15) is 14.4 Å². The lowest BCUT2D eigenvalue weighted by atomic mass is 9.87. The molecule has 1 N–H and O–H groups in total. The summed E-state index contributed by atoms with van der Waals surface area (Å²) >= 11 is 1.46. The molecule has 2 heterocycles. The molecule has 4 rings (SSSR count). The molecule has 0 radical (unpaired) electrons. The number of hydrogen-bond acceptors (Lipinski definition) is 5. The number of hydrogen-bond donors (Lipinski definition) is 1. The monoisotopic (exact) mass is 467 g/mol. The second kappa shape index (κ2) is 9.39. The van der Waals surface area contributed by atoms with Crippen molar-refractivity contribution in [3.05, 3.63) is 67.8 Å². The lowest BCUT2D eigenvalue weighted by Gasteiger charge is -2.19. The molecule has 174 valence electrons. The van der Waals surface area contributed by atoms with Gasteiger partial charge in [-0.05, 0) is 62.8 Å². The summed E-state index contributed by atoms with van der Waals surface area (Å²) in [6.45, 7) is 5.47. The van der Waals surface area contributed by atoms with E-state index < -0.39 is 18.0 Å². The second-order valence-electron chi connectivity index (χ2n) is 8.55. The highest BCUT2D eigenvalue weighted by atomic mass is 32.1. The molecule has 1 amide bonds. The number of esters is 1. The summed E-state index contributed by atoms with van der Waals surface area (Å²) in [5.74, 6) is -0.381. The van der Waals surface area contributed by atoms with Gasteiger partial charge < -0.3 is 10.1 Å². The lowest BCUT2D eigenvalue weighted by Crippen LogP contribution is -2.32. The van der Waals surface area contributed by atoms with E-state index in [-0.39, 0.29) is 11.2 Å². The summed E-state index contributed by atoms with van der Waals surface area (Å²) in [6, 6.07) is 11.1. The van der Waals surface area contributed by atoms with Crippen molar-refractivity contribution in [1.29, 1.82) is 0 Å². The third-order valence-corrected chi connectivity index (χ3v) is 7.64. The van der Waals surface area contributed by atoms with Crippen molar-refractivity contribution in [2.45, 2.75) is 52.6 Å². The molecule has 3 aromatic rings. The van der Waals surface area contributed by atoms with E-state index in [0.717, 1.165) is 25.7 Å². The van der Waals surface area contributed by atoms with Gasteiger partial charge in [-0.25, -0.2) is 9.48 Å². The van der Waals surface area contributed by atoms with Gasteiger partial charge in [0, 0.05) is 11.9 Å². The van der Waals surface area contributed by atoms with E-state index in [0.29, 0.717) is 22.2 Å². The van der Waals surface area contributed by atoms with Crippen LogP contribution in [0.2, 0.25) is 0 Å². The number of carbonyl (C=O) groups excluding carboxylic acids is 2. The summed E-state index contributed by atoms with van der Waals surface area (Å²) in [7, 11) is 1.75. The van der Waals surface area contributed by atoms with Crippen molar-refractivity contribution in [1.82, 2.24) is 9.36 Å². The molecular formula is C25H29N3O4S. The third kappa shape index (κ3) is 4.53. The van der Waals surface area contributed by atoms with Crippen molar-refractivity contribution in [3.8, 4) is 5.69 Å². The van der Waals surface area contributed by atoms with E-state index in [1.165, 1.54) is 33.4 Å². The Labute approximate surface area is 197 Å². The van der Waals surface area contributed by atoms with Crippen molar-refractivity contribution in [2.24, 2.45) is 13.0 Å². The van der Waals surface area contributed by atoms with Crippen molar-refractivity contribution < 1.29 is 14.3 Å². The predicted octanol–water partition coefficient (Wildman–Crippen LogP) is 4.24. The number of nitrogens with one attached hydrogen (secondary N) is 1. The molecule has 1 aliphatic carbocycles. The minimum Gasteiger partial charge on any atom is -0.448 e. The molecule has 0 spiro atoms. The first-order chi connectivity index (χ1) is 15.8. The fourth-order valence-electron chi connectivity index (χ4n) is 4.26. The summed E-state index contributed by atoms with van der Waals surface area (Å²) in [6.07, 6.45) is 3.23. The number of carbonyl (C=O) groups is 2. The molecule has 2 unspecified atom stereocenters. The topological polar surface area (TPSA) is 82.3 Å². The predicted molar refractivity (Wildman–Crippen MR) is 129 cm³/mol. The highest BCUT2D eigenvalue weighted by Gasteiger charge is 2.26. The van der Waals surface area contributed by atoms with Crippen molar-refractivity contribution in [2.75, 3.05) is 5.32 Å². The highest BCUT2D eigenvalue weighted by Crippen LogP contribution is 2.34. The van der Waals surface area contributed by atoms with E-state index in [4.69, 9.17) is 4.74 Å². The van der Waals surface area contributed by atoms with Crippen LogP contribution in [0.5, 0.6) is 0 Å². The molecule has 1 aromatic carbocycles. The molecule has 0 bridgehead atoms. The Bertz CT molecular complexity index is 1240. The van der Waals surface area contributed by atoms with Gasteiger partial charge in [0.2, 0.25) is 0 Å². The van der Waals surface area contributed by atoms with Gasteiger partial charge in [-0.15, -0.1) is 11.3 Å². The van der Waals surface area contributed by atoms with Gasteiger partial charge in [-0.1, -0.05) is 31.5 Å². The van der Waals surface area contributed by atoms with Gasteiger partial charge in [0.05, 0.1) is 11.4 Å². The van der Waals surface area contributed by atoms with E-state index >= 15 is 0 Å². The molecule has 2 aromatic heterocycles. The Morgan fingerprint density at radius 2 is 2.00 bits per heavy atom.